The fourth-order valence-electron chi connectivity index (χ4n) is 15.1. The zero-order valence-electron chi connectivity index (χ0n) is 41.0. The summed E-state index contributed by atoms with van der Waals surface area (Å²) in [6, 6.07) is 83.6. The second kappa shape index (κ2) is 14.2. The van der Waals surface area contributed by atoms with Gasteiger partial charge in [-0.1, -0.05) is 172 Å². The van der Waals surface area contributed by atoms with Gasteiger partial charge < -0.3 is 9.80 Å². The molecule has 0 amide bonds. The van der Waals surface area contributed by atoms with Gasteiger partial charge in [-0.05, 0) is 189 Å². The number of anilines is 4. The lowest BCUT2D eigenvalue weighted by Gasteiger charge is -2.56. The predicted molar refractivity (Wildman–Crippen MR) is 297 cm³/mol. The van der Waals surface area contributed by atoms with Crippen molar-refractivity contribution in [1.29, 1.82) is 0 Å². The van der Waals surface area contributed by atoms with Crippen LogP contribution in [0.2, 0.25) is 0 Å². The maximum Gasteiger partial charge on any atom is 0.0720 e. The lowest BCUT2D eigenvalue weighted by molar-refractivity contribution is 0.133. The van der Waals surface area contributed by atoms with E-state index in [1.54, 1.807) is 0 Å². The number of rotatable bonds is 6. The van der Waals surface area contributed by atoms with Gasteiger partial charge in [-0.15, -0.1) is 0 Å². The van der Waals surface area contributed by atoms with Gasteiger partial charge in [-0.3, -0.25) is 0 Å². The van der Waals surface area contributed by atoms with E-state index in [0.717, 1.165) is 0 Å². The van der Waals surface area contributed by atoms with Crippen molar-refractivity contribution in [1.82, 2.24) is 0 Å². The standard InChI is InChI=1S/C69H56N2/c1-65-37-39-67(65,3)70(51-23-13-7-14-24-51)61-35-31-47(43-59(61)65)45-29-33-55-57(41-45)53-27-17-18-28-54(53)63-56-34-30-46(42-58(56)69(64(55)63,49-19-9-5-10-20-49)50-21-11-6-12-22-50)48-32-36-62-60(44-48)66(2)38-40-68(66,4)71(62)52-25-15-8-16-26-52/h5-36,41-44H,37-40H2,1-4H3. The minimum atomic E-state index is -0.593. The van der Waals surface area contributed by atoms with E-state index < -0.39 is 5.41 Å². The van der Waals surface area contributed by atoms with Crippen molar-refractivity contribution in [2.75, 3.05) is 9.80 Å². The molecule has 0 bridgehead atoms. The first-order valence-corrected chi connectivity index (χ1v) is 25.9. The number of benzene rings is 10. The molecule has 4 atom stereocenters. The van der Waals surface area contributed by atoms with E-state index in [2.05, 4.69) is 256 Å². The van der Waals surface area contributed by atoms with Crippen molar-refractivity contribution in [3.8, 4) is 33.4 Å². The SMILES string of the molecule is CC12CCC1(C)N(c1ccccc1)c1ccc(-c3ccc4c(c3)C(c3ccccc3)(c3ccccc3)c3c-4c4ccccc4c4cc(-c5ccc6c(c5)C5(C)CCC5(C)N6c5ccccc5)ccc34)cc12. The van der Waals surface area contributed by atoms with Gasteiger partial charge in [0.15, 0.2) is 0 Å². The monoisotopic (exact) mass is 912 g/mol. The Labute approximate surface area is 417 Å². The molecular formula is C69H56N2. The molecule has 2 saturated carbocycles. The molecule has 10 aromatic rings. The van der Waals surface area contributed by atoms with Crippen LogP contribution in [-0.4, -0.2) is 11.1 Å². The van der Waals surface area contributed by atoms with Crippen LogP contribution in [0.4, 0.5) is 22.7 Å². The first kappa shape index (κ1) is 41.1. The van der Waals surface area contributed by atoms with Gasteiger partial charge in [-0.25, -0.2) is 0 Å². The first-order valence-electron chi connectivity index (χ1n) is 25.9. The summed E-state index contributed by atoms with van der Waals surface area (Å²) in [5, 5.41) is 5.20. The zero-order valence-corrected chi connectivity index (χ0v) is 41.0. The summed E-state index contributed by atoms with van der Waals surface area (Å²) in [7, 11) is 0. The Kier molecular flexibility index (Phi) is 8.25. The molecule has 2 heteroatoms. The van der Waals surface area contributed by atoms with E-state index in [9.17, 15) is 0 Å². The number of para-hydroxylation sites is 2. The van der Waals surface area contributed by atoms with E-state index >= 15 is 0 Å². The third-order valence-electron chi connectivity index (χ3n) is 19.5. The number of nitrogens with zero attached hydrogens (tertiary/aromatic N) is 2. The minimum Gasteiger partial charge on any atom is -0.334 e. The Bertz CT molecular complexity index is 3800. The Morgan fingerprint density at radius 2 is 0.761 bits per heavy atom. The second-order valence-electron chi connectivity index (χ2n) is 22.3. The van der Waals surface area contributed by atoms with Crippen molar-refractivity contribution in [2.45, 2.75) is 80.7 Å². The fourth-order valence-corrected chi connectivity index (χ4v) is 15.1. The van der Waals surface area contributed by atoms with E-state index in [4.69, 9.17) is 0 Å². The molecular weight excluding hydrogens is 857 g/mol. The summed E-state index contributed by atoms with van der Waals surface area (Å²) in [4.78, 5) is 5.27. The summed E-state index contributed by atoms with van der Waals surface area (Å²) in [6.45, 7) is 9.97. The molecule has 5 aliphatic rings. The lowest BCUT2D eigenvalue weighted by Crippen LogP contribution is -2.60. The third kappa shape index (κ3) is 5.08. The van der Waals surface area contributed by atoms with Crippen LogP contribution in [0, 0.1) is 0 Å². The van der Waals surface area contributed by atoms with Crippen LogP contribution in [0.15, 0.2) is 218 Å². The molecule has 2 nitrogen and oxygen atoms in total. The first-order chi connectivity index (χ1) is 34.7. The van der Waals surface area contributed by atoms with Crippen molar-refractivity contribution in [3.63, 3.8) is 0 Å². The number of fused-ring (bicyclic) bond motifs is 14. The van der Waals surface area contributed by atoms with Gasteiger partial charge >= 0.3 is 0 Å². The maximum absolute atomic E-state index is 2.64. The van der Waals surface area contributed by atoms with Gasteiger partial charge in [0.2, 0.25) is 0 Å². The average Bonchev–Trinajstić information content (AvgIpc) is 3.85. The van der Waals surface area contributed by atoms with Crippen molar-refractivity contribution in [2.24, 2.45) is 0 Å². The Morgan fingerprint density at radius 3 is 1.25 bits per heavy atom. The highest BCUT2D eigenvalue weighted by Gasteiger charge is 2.64. The van der Waals surface area contributed by atoms with Crippen LogP contribution in [0.3, 0.4) is 0 Å². The van der Waals surface area contributed by atoms with Gasteiger partial charge in [0.25, 0.3) is 0 Å². The van der Waals surface area contributed by atoms with Crippen LogP contribution >= 0.6 is 0 Å². The summed E-state index contributed by atoms with van der Waals surface area (Å²) < 4.78 is 0. The lowest BCUT2D eigenvalue weighted by atomic mass is 9.55. The molecule has 2 heterocycles. The van der Waals surface area contributed by atoms with Gasteiger partial charge in [0, 0.05) is 33.6 Å². The highest BCUT2D eigenvalue weighted by atomic mass is 15.3. The van der Waals surface area contributed by atoms with Crippen LogP contribution in [0.1, 0.15) is 86.8 Å². The molecule has 0 N–H and O–H groups in total. The summed E-state index contributed by atoms with van der Waals surface area (Å²) >= 11 is 0. The second-order valence-corrected chi connectivity index (χ2v) is 22.3. The average molecular weight is 913 g/mol. The molecule has 3 aliphatic carbocycles. The molecule has 2 aliphatic heterocycles. The molecule has 0 spiro atoms. The fraction of sp³-hybridized carbons (Fsp3) is 0.188. The summed E-state index contributed by atoms with van der Waals surface area (Å²) in [6.07, 6.45) is 4.75. The third-order valence-corrected chi connectivity index (χ3v) is 19.5. The van der Waals surface area contributed by atoms with Crippen LogP contribution in [0.25, 0.3) is 54.9 Å². The van der Waals surface area contributed by atoms with Gasteiger partial charge in [0.05, 0.1) is 16.5 Å². The summed E-state index contributed by atoms with van der Waals surface area (Å²) in [5.74, 6) is 0. The molecule has 0 aromatic heterocycles. The molecule has 71 heavy (non-hydrogen) atoms. The summed E-state index contributed by atoms with van der Waals surface area (Å²) in [5.41, 5.74) is 20.8. The molecule has 342 valence electrons. The van der Waals surface area contributed by atoms with Crippen molar-refractivity contribution < 1.29 is 0 Å². The van der Waals surface area contributed by atoms with E-state index in [-0.39, 0.29) is 21.9 Å². The predicted octanol–water partition coefficient (Wildman–Crippen LogP) is 17.6. The smallest absolute Gasteiger partial charge is 0.0720 e. The van der Waals surface area contributed by atoms with Gasteiger partial charge in [0.1, 0.15) is 0 Å². The Hall–Kier alpha value is -7.68. The van der Waals surface area contributed by atoms with Crippen molar-refractivity contribution in [3.05, 3.63) is 252 Å². The van der Waals surface area contributed by atoms with Crippen LogP contribution in [-0.2, 0) is 16.2 Å². The largest absolute Gasteiger partial charge is 0.334 e. The van der Waals surface area contributed by atoms with E-state index in [1.165, 1.54) is 137 Å². The van der Waals surface area contributed by atoms with Crippen LogP contribution < -0.4 is 9.80 Å². The number of hydrogen-bond acceptors (Lipinski definition) is 2. The highest BCUT2D eigenvalue weighted by Crippen LogP contribution is 2.67. The molecule has 0 radical (unpaired) electrons. The quantitative estimate of drug-likeness (QED) is 0.153. The Morgan fingerprint density at radius 1 is 0.338 bits per heavy atom. The zero-order chi connectivity index (χ0) is 47.5. The molecule has 15 rings (SSSR count). The molecule has 2 fully saturated rings. The van der Waals surface area contributed by atoms with E-state index in [0.29, 0.717) is 0 Å². The Balaban J connectivity index is 0.948. The highest BCUT2D eigenvalue weighted by molar-refractivity contribution is 6.20. The number of hydrogen-bond donors (Lipinski definition) is 0. The van der Waals surface area contributed by atoms with E-state index in [1.807, 2.05) is 0 Å². The molecule has 0 saturated heterocycles. The van der Waals surface area contributed by atoms with Crippen LogP contribution in [0.5, 0.6) is 0 Å². The maximum atomic E-state index is 2.64. The molecule has 10 aromatic carbocycles. The topological polar surface area (TPSA) is 6.48 Å². The minimum absolute atomic E-state index is 0.0346. The van der Waals surface area contributed by atoms with Gasteiger partial charge in [-0.2, -0.15) is 0 Å². The molecule has 4 unspecified atom stereocenters. The van der Waals surface area contributed by atoms with Crippen molar-refractivity contribution >= 4 is 44.3 Å². The normalized spacial score (nSPS) is 23.8.